The van der Waals surface area contributed by atoms with Crippen LogP contribution in [0.1, 0.15) is 26.3 Å². The van der Waals surface area contributed by atoms with Crippen LogP contribution in [0.5, 0.6) is 0 Å². The molecule has 0 aliphatic rings. The maximum absolute atomic E-state index is 13.3. The van der Waals surface area contributed by atoms with Gasteiger partial charge in [-0.2, -0.15) is 0 Å². The van der Waals surface area contributed by atoms with Crippen LogP contribution in [0.4, 0.5) is 10.1 Å². The highest BCUT2D eigenvalue weighted by Gasteiger charge is 2.11. The van der Waals surface area contributed by atoms with E-state index in [9.17, 15) is 4.39 Å². The molecular formula is C12H17BrFN. The van der Waals surface area contributed by atoms with Crippen molar-refractivity contribution in [3.8, 4) is 0 Å². The summed E-state index contributed by atoms with van der Waals surface area (Å²) in [6, 6.07) is 3.32. The van der Waals surface area contributed by atoms with Crippen molar-refractivity contribution in [3.05, 3.63) is 28.0 Å². The van der Waals surface area contributed by atoms with Gasteiger partial charge in [0.2, 0.25) is 0 Å². The van der Waals surface area contributed by atoms with Gasteiger partial charge in [0.15, 0.2) is 0 Å². The monoisotopic (exact) mass is 273 g/mol. The lowest BCUT2D eigenvalue weighted by molar-refractivity contribution is 0.443. The Labute approximate surface area is 99.2 Å². The summed E-state index contributed by atoms with van der Waals surface area (Å²) in [6.07, 6.45) is 0. The minimum Gasteiger partial charge on any atom is -0.384 e. The maximum atomic E-state index is 13.3. The minimum atomic E-state index is -0.225. The van der Waals surface area contributed by atoms with Gasteiger partial charge in [-0.15, -0.1) is 0 Å². The summed E-state index contributed by atoms with van der Waals surface area (Å²) >= 11 is 3.17. The van der Waals surface area contributed by atoms with Gasteiger partial charge in [0.05, 0.1) is 4.47 Å². The van der Waals surface area contributed by atoms with Crippen LogP contribution in [0.15, 0.2) is 16.6 Å². The van der Waals surface area contributed by atoms with E-state index >= 15 is 0 Å². The van der Waals surface area contributed by atoms with Crippen LogP contribution in [-0.2, 0) is 0 Å². The fraction of sp³-hybridized carbons (Fsp3) is 0.500. The van der Waals surface area contributed by atoms with Gasteiger partial charge in [-0.1, -0.05) is 20.8 Å². The topological polar surface area (TPSA) is 12.0 Å². The zero-order valence-electron chi connectivity index (χ0n) is 9.62. The molecule has 0 spiro atoms. The third kappa shape index (κ3) is 3.82. The number of hydrogen-bond donors (Lipinski definition) is 1. The molecule has 0 aliphatic heterocycles. The van der Waals surface area contributed by atoms with E-state index in [2.05, 4.69) is 42.0 Å². The largest absolute Gasteiger partial charge is 0.384 e. The molecule has 1 N–H and O–H groups in total. The Morgan fingerprint density at radius 2 is 1.93 bits per heavy atom. The number of halogens is 2. The zero-order chi connectivity index (χ0) is 11.6. The molecule has 84 valence electrons. The van der Waals surface area contributed by atoms with Crippen molar-refractivity contribution in [2.45, 2.75) is 27.7 Å². The summed E-state index contributed by atoms with van der Waals surface area (Å²) in [6.45, 7) is 9.23. The van der Waals surface area contributed by atoms with E-state index in [1.807, 2.05) is 6.92 Å². The van der Waals surface area contributed by atoms with Crippen molar-refractivity contribution >= 4 is 21.6 Å². The van der Waals surface area contributed by atoms with Gasteiger partial charge in [0.25, 0.3) is 0 Å². The Morgan fingerprint density at radius 3 is 2.47 bits per heavy atom. The molecule has 1 nitrogen and oxygen atoms in total. The number of benzene rings is 1. The van der Waals surface area contributed by atoms with Gasteiger partial charge >= 0.3 is 0 Å². The Bertz CT molecular complexity index is 355. The van der Waals surface area contributed by atoms with Crippen LogP contribution >= 0.6 is 15.9 Å². The molecule has 1 aromatic carbocycles. The summed E-state index contributed by atoms with van der Waals surface area (Å²) in [5, 5.41) is 3.26. The van der Waals surface area contributed by atoms with Crippen molar-refractivity contribution in [2.24, 2.45) is 5.41 Å². The molecule has 1 aromatic rings. The van der Waals surface area contributed by atoms with Crippen LogP contribution in [-0.4, -0.2) is 6.54 Å². The molecule has 0 radical (unpaired) electrons. The van der Waals surface area contributed by atoms with E-state index in [1.54, 1.807) is 6.07 Å². The molecule has 3 heteroatoms. The highest BCUT2D eigenvalue weighted by Crippen LogP contribution is 2.25. The average molecular weight is 274 g/mol. The maximum Gasteiger partial charge on any atom is 0.139 e. The normalized spacial score (nSPS) is 11.6. The third-order valence-corrected chi connectivity index (χ3v) is 2.68. The third-order valence-electron chi connectivity index (χ3n) is 2.08. The molecule has 15 heavy (non-hydrogen) atoms. The summed E-state index contributed by atoms with van der Waals surface area (Å²) in [5.41, 5.74) is 2.11. The molecule has 0 fully saturated rings. The van der Waals surface area contributed by atoms with Gasteiger partial charge in [0.1, 0.15) is 5.82 Å². The number of aryl methyl sites for hydroxylation is 1. The first-order chi connectivity index (χ1) is 6.79. The van der Waals surface area contributed by atoms with Gasteiger partial charge in [-0.3, -0.25) is 0 Å². The zero-order valence-corrected chi connectivity index (χ0v) is 11.2. The smallest absolute Gasteiger partial charge is 0.139 e. The molecule has 0 heterocycles. The van der Waals surface area contributed by atoms with Crippen molar-refractivity contribution in [1.82, 2.24) is 0 Å². The molecule has 0 aliphatic carbocycles. The van der Waals surface area contributed by atoms with E-state index in [0.29, 0.717) is 4.47 Å². The fourth-order valence-electron chi connectivity index (χ4n) is 1.20. The molecule has 0 saturated carbocycles. The second kappa shape index (κ2) is 4.52. The summed E-state index contributed by atoms with van der Waals surface area (Å²) in [4.78, 5) is 0. The van der Waals surface area contributed by atoms with Gasteiger partial charge in [0, 0.05) is 12.2 Å². The van der Waals surface area contributed by atoms with E-state index < -0.39 is 0 Å². The molecular weight excluding hydrogens is 257 g/mol. The lowest BCUT2D eigenvalue weighted by Crippen LogP contribution is -2.19. The Balaban J connectivity index is 2.82. The second-order valence-electron chi connectivity index (χ2n) is 5.00. The van der Waals surface area contributed by atoms with Crippen molar-refractivity contribution in [1.29, 1.82) is 0 Å². The number of rotatable bonds is 2. The van der Waals surface area contributed by atoms with Crippen molar-refractivity contribution in [2.75, 3.05) is 11.9 Å². The molecule has 0 atom stereocenters. The highest BCUT2D eigenvalue weighted by molar-refractivity contribution is 9.10. The average Bonchev–Trinajstić information content (AvgIpc) is 2.07. The lowest BCUT2D eigenvalue weighted by atomic mass is 9.97. The number of anilines is 1. The van der Waals surface area contributed by atoms with Crippen LogP contribution in [0.25, 0.3) is 0 Å². The molecule has 0 amide bonds. The highest BCUT2D eigenvalue weighted by atomic mass is 79.9. The fourth-order valence-corrected chi connectivity index (χ4v) is 1.65. The lowest BCUT2D eigenvalue weighted by Gasteiger charge is -2.20. The summed E-state index contributed by atoms with van der Waals surface area (Å²) < 4.78 is 13.8. The van der Waals surface area contributed by atoms with E-state index in [4.69, 9.17) is 0 Å². The van der Waals surface area contributed by atoms with Gasteiger partial charge < -0.3 is 5.32 Å². The molecule has 0 unspecified atom stereocenters. The molecule has 0 aromatic heterocycles. The minimum absolute atomic E-state index is 0.190. The molecule has 0 bridgehead atoms. The predicted octanol–water partition coefficient (Wildman–Crippen LogP) is 4.35. The first-order valence-corrected chi connectivity index (χ1v) is 5.78. The summed E-state index contributed by atoms with van der Waals surface area (Å²) in [5.74, 6) is -0.225. The first kappa shape index (κ1) is 12.5. The van der Waals surface area contributed by atoms with Crippen LogP contribution in [0, 0.1) is 18.2 Å². The summed E-state index contributed by atoms with van der Waals surface area (Å²) in [7, 11) is 0. The number of hydrogen-bond acceptors (Lipinski definition) is 1. The van der Waals surface area contributed by atoms with E-state index in [-0.39, 0.29) is 11.2 Å². The molecule has 0 saturated heterocycles. The van der Waals surface area contributed by atoms with Crippen LogP contribution in [0.2, 0.25) is 0 Å². The van der Waals surface area contributed by atoms with Crippen LogP contribution < -0.4 is 5.32 Å². The van der Waals surface area contributed by atoms with Gasteiger partial charge in [-0.05, 0) is 46.0 Å². The van der Waals surface area contributed by atoms with Crippen molar-refractivity contribution < 1.29 is 4.39 Å². The predicted molar refractivity (Wildman–Crippen MR) is 66.8 cm³/mol. The standard InChI is InChI=1S/C12H17BrFN/c1-8-5-9(13)10(14)6-11(8)15-7-12(2,3)4/h5-6,15H,7H2,1-4H3. The van der Waals surface area contributed by atoms with Crippen LogP contribution in [0.3, 0.4) is 0 Å². The van der Waals surface area contributed by atoms with Gasteiger partial charge in [-0.25, -0.2) is 4.39 Å². The Morgan fingerprint density at radius 1 is 1.33 bits per heavy atom. The Hall–Kier alpha value is -0.570. The SMILES string of the molecule is Cc1cc(Br)c(F)cc1NCC(C)(C)C. The second-order valence-corrected chi connectivity index (χ2v) is 5.85. The first-order valence-electron chi connectivity index (χ1n) is 4.99. The molecule has 1 rings (SSSR count). The van der Waals surface area contributed by atoms with Crippen molar-refractivity contribution in [3.63, 3.8) is 0 Å². The Kier molecular flexibility index (Phi) is 3.77. The number of nitrogens with one attached hydrogen (secondary N) is 1. The van der Waals surface area contributed by atoms with E-state index in [1.165, 1.54) is 6.07 Å². The van der Waals surface area contributed by atoms with E-state index in [0.717, 1.165) is 17.8 Å². The quantitative estimate of drug-likeness (QED) is 0.845.